The third kappa shape index (κ3) is 6.04. The highest BCUT2D eigenvalue weighted by atomic mass is 79.9. The molecule has 0 aliphatic rings. The van der Waals surface area contributed by atoms with Gasteiger partial charge >= 0.3 is 5.97 Å². The van der Waals surface area contributed by atoms with Gasteiger partial charge in [0.25, 0.3) is 5.91 Å². The fraction of sp³-hybridized carbons (Fsp3) is 0.0952. The average molecular weight is 535 g/mol. The van der Waals surface area contributed by atoms with Crippen molar-refractivity contribution in [3.63, 3.8) is 0 Å². The SMILES string of the molecule is Cc1cccc(NCC(=O)NN=Cc2cc(Br)cc(Br)c2OC(=O)c2ccco2)c1. The minimum atomic E-state index is -0.649. The Kier molecular flexibility index (Phi) is 7.42. The third-order valence-corrected chi connectivity index (χ3v) is 4.87. The van der Waals surface area contributed by atoms with Gasteiger partial charge in [0.05, 0.1) is 23.5 Å². The molecule has 9 heteroatoms. The topological polar surface area (TPSA) is 92.9 Å². The minimum Gasteiger partial charge on any atom is -0.457 e. The van der Waals surface area contributed by atoms with Gasteiger partial charge in [-0.05, 0) is 64.8 Å². The Morgan fingerprint density at radius 1 is 1.17 bits per heavy atom. The predicted octanol–water partition coefficient (Wildman–Crippen LogP) is 4.89. The first-order valence-corrected chi connectivity index (χ1v) is 10.4. The number of ether oxygens (including phenoxy) is 1. The number of carbonyl (C=O) groups excluding carboxylic acids is 2. The van der Waals surface area contributed by atoms with Crippen LogP contribution >= 0.6 is 31.9 Å². The summed E-state index contributed by atoms with van der Waals surface area (Å²) in [6.07, 6.45) is 2.78. The average Bonchev–Trinajstić information content (AvgIpc) is 3.24. The Hall–Kier alpha value is -2.91. The molecule has 0 spiro atoms. The van der Waals surface area contributed by atoms with Crippen LogP contribution in [0.15, 0.2) is 73.3 Å². The Morgan fingerprint density at radius 3 is 2.73 bits per heavy atom. The summed E-state index contributed by atoms with van der Waals surface area (Å²) >= 11 is 6.75. The van der Waals surface area contributed by atoms with Gasteiger partial charge in [-0.2, -0.15) is 5.10 Å². The number of amides is 1. The molecule has 1 aromatic heterocycles. The van der Waals surface area contributed by atoms with Crippen molar-refractivity contribution < 1.29 is 18.7 Å². The van der Waals surface area contributed by atoms with E-state index in [1.54, 1.807) is 18.2 Å². The summed E-state index contributed by atoms with van der Waals surface area (Å²) in [4.78, 5) is 24.3. The zero-order chi connectivity index (χ0) is 21.5. The molecule has 30 heavy (non-hydrogen) atoms. The summed E-state index contributed by atoms with van der Waals surface area (Å²) in [6, 6.07) is 14.2. The largest absolute Gasteiger partial charge is 0.457 e. The van der Waals surface area contributed by atoms with E-state index in [1.807, 2.05) is 31.2 Å². The van der Waals surface area contributed by atoms with Crippen LogP contribution in [0.3, 0.4) is 0 Å². The number of nitrogens with zero attached hydrogens (tertiary/aromatic N) is 1. The molecule has 0 bridgehead atoms. The van der Waals surface area contributed by atoms with E-state index >= 15 is 0 Å². The second-order valence-electron chi connectivity index (χ2n) is 6.19. The molecule has 1 heterocycles. The molecule has 7 nitrogen and oxygen atoms in total. The number of carbonyl (C=O) groups is 2. The lowest BCUT2D eigenvalue weighted by Gasteiger charge is -2.09. The maximum Gasteiger partial charge on any atom is 0.379 e. The van der Waals surface area contributed by atoms with Gasteiger partial charge in [-0.1, -0.05) is 28.1 Å². The number of furan rings is 1. The third-order valence-electron chi connectivity index (χ3n) is 3.82. The number of hydrazone groups is 1. The fourth-order valence-electron chi connectivity index (χ4n) is 2.47. The summed E-state index contributed by atoms with van der Waals surface area (Å²) in [6.45, 7) is 2.03. The van der Waals surface area contributed by atoms with E-state index in [1.165, 1.54) is 18.5 Å². The van der Waals surface area contributed by atoms with Crippen LogP contribution in [0.4, 0.5) is 5.69 Å². The first-order chi connectivity index (χ1) is 14.4. The molecule has 0 radical (unpaired) electrons. The van der Waals surface area contributed by atoms with Gasteiger partial charge in [0, 0.05) is 15.7 Å². The summed E-state index contributed by atoms with van der Waals surface area (Å²) in [5.74, 6) is -0.654. The Labute approximate surface area is 189 Å². The quantitative estimate of drug-likeness (QED) is 0.195. The molecule has 2 aromatic carbocycles. The van der Waals surface area contributed by atoms with Crippen molar-refractivity contribution in [2.75, 3.05) is 11.9 Å². The molecule has 0 saturated carbocycles. The molecule has 154 valence electrons. The fourth-order valence-corrected chi connectivity index (χ4v) is 3.81. The monoisotopic (exact) mass is 533 g/mol. The Balaban J connectivity index is 1.65. The molecule has 3 rings (SSSR count). The molecule has 0 atom stereocenters. The molecule has 1 amide bonds. The smallest absolute Gasteiger partial charge is 0.379 e. The molecular formula is C21H17Br2N3O4. The number of esters is 1. The highest BCUT2D eigenvalue weighted by molar-refractivity contribution is 9.11. The van der Waals surface area contributed by atoms with Gasteiger partial charge in [-0.25, -0.2) is 10.2 Å². The van der Waals surface area contributed by atoms with Crippen LogP contribution in [0.1, 0.15) is 21.7 Å². The van der Waals surface area contributed by atoms with Crippen molar-refractivity contribution in [3.8, 4) is 5.75 Å². The van der Waals surface area contributed by atoms with Gasteiger partial charge in [0.2, 0.25) is 5.76 Å². The van der Waals surface area contributed by atoms with Crippen LogP contribution in [-0.4, -0.2) is 24.6 Å². The van der Waals surface area contributed by atoms with Gasteiger partial charge < -0.3 is 14.5 Å². The van der Waals surface area contributed by atoms with Crippen molar-refractivity contribution in [3.05, 3.63) is 80.6 Å². The van der Waals surface area contributed by atoms with Crippen molar-refractivity contribution in [2.45, 2.75) is 6.92 Å². The summed E-state index contributed by atoms with van der Waals surface area (Å²) in [7, 11) is 0. The zero-order valence-corrected chi connectivity index (χ0v) is 19.0. The molecule has 0 aliphatic carbocycles. The number of hydrogen-bond acceptors (Lipinski definition) is 6. The number of rotatable bonds is 7. The number of benzene rings is 2. The summed E-state index contributed by atoms with van der Waals surface area (Å²) in [5, 5.41) is 6.99. The van der Waals surface area contributed by atoms with E-state index in [2.05, 4.69) is 47.7 Å². The number of halogens is 2. The van der Waals surface area contributed by atoms with E-state index in [0.717, 1.165) is 15.7 Å². The molecule has 0 unspecified atom stereocenters. The first kappa shape index (κ1) is 21.8. The lowest BCUT2D eigenvalue weighted by atomic mass is 10.2. The summed E-state index contributed by atoms with van der Waals surface area (Å²) in [5.41, 5.74) is 4.85. The normalized spacial score (nSPS) is 10.8. The molecule has 3 aromatic rings. The van der Waals surface area contributed by atoms with Gasteiger partial charge in [-0.3, -0.25) is 4.79 Å². The zero-order valence-electron chi connectivity index (χ0n) is 15.8. The first-order valence-electron chi connectivity index (χ1n) is 8.79. The lowest BCUT2D eigenvalue weighted by molar-refractivity contribution is -0.119. The van der Waals surface area contributed by atoms with Crippen molar-refractivity contribution in [1.29, 1.82) is 0 Å². The van der Waals surface area contributed by atoms with Gasteiger partial charge in [-0.15, -0.1) is 0 Å². The number of hydrogen-bond donors (Lipinski definition) is 2. The highest BCUT2D eigenvalue weighted by Crippen LogP contribution is 2.32. The predicted molar refractivity (Wildman–Crippen MR) is 121 cm³/mol. The second-order valence-corrected chi connectivity index (χ2v) is 7.96. The van der Waals surface area contributed by atoms with Crippen LogP contribution in [-0.2, 0) is 4.79 Å². The van der Waals surface area contributed by atoms with Gasteiger partial charge in [0.1, 0.15) is 0 Å². The molecule has 0 aliphatic heterocycles. The minimum absolute atomic E-state index is 0.0588. The Morgan fingerprint density at radius 2 is 2.00 bits per heavy atom. The maximum absolute atomic E-state index is 12.2. The van der Waals surface area contributed by atoms with Crippen LogP contribution in [0, 0.1) is 6.92 Å². The van der Waals surface area contributed by atoms with Crippen LogP contribution in [0.5, 0.6) is 5.75 Å². The van der Waals surface area contributed by atoms with Crippen molar-refractivity contribution >= 4 is 55.6 Å². The van der Waals surface area contributed by atoms with Crippen molar-refractivity contribution in [2.24, 2.45) is 5.10 Å². The van der Waals surface area contributed by atoms with E-state index in [0.29, 0.717) is 10.0 Å². The molecular weight excluding hydrogens is 518 g/mol. The maximum atomic E-state index is 12.2. The molecule has 2 N–H and O–H groups in total. The molecule has 0 fully saturated rings. The van der Waals surface area contributed by atoms with E-state index in [4.69, 9.17) is 9.15 Å². The number of nitrogens with one attached hydrogen (secondary N) is 2. The summed E-state index contributed by atoms with van der Waals surface area (Å²) < 4.78 is 11.8. The standard InChI is InChI=1S/C21H17Br2N3O4/c1-13-4-2-5-16(8-13)24-12-19(27)26-25-11-14-9-15(22)10-17(23)20(14)30-21(28)18-6-3-7-29-18/h2-11,24H,12H2,1H3,(H,26,27). The lowest BCUT2D eigenvalue weighted by Crippen LogP contribution is -2.25. The molecule has 0 saturated heterocycles. The van der Waals surface area contributed by atoms with Crippen LogP contribution < -0.4 is 15.5 Å². The van der Waals surface area contributed by atoms with E-state index in [-0.39, 0.29) is 24.0 Å². The van der Waals surface area contributed by atoms with Crippen molar-refractivity contribution in [1.82, 2.24) is 5.43 Å². The van der Waals surface area contributed by atoms with Gasteiger partial charge in [0.15, 0.2) is 5.75 Å². The number of anilines is 1. The van der Waals surface area contributed by atoms with Crippen LogP contribution in [0.25, 0.3) is 0 Å². The second kappa shape index (κ2) is 10.2. The van der Waals surface area contributed by atoms with Crippen LogP contribution in [0.2, 0.25) is 0 Å². The van der Waals surface area contributed by atoms with E-state index < -0.39 is 5.97 Å². The number of aryl methyl sites for hydroxylation is 1. The van der Waals surface area contributed by atoms with E-state index in [9.17, 15) is 9.59 Å². The highest BCUT2D eigenvalue weighted by Gasteiger charge is 2.17. The Bertz CT molecular complexity index is 1080.